The van der Waals surface area contributed by atoms with Crippen LogP contribution in [0.3, 0.4) is 0 Å². The summed E-state index contributed by atoms with van der Waals surface area (Å²) < 4.78 is 5.70. The zero-order valence-electron chi connectivity index (χ0n) is 9.97. The van der Waals surface area contributed by atoms with Crippen LogP contribution in [0.1, 0.15) is 11.3 Å². The first kappa shape index (κ1) is 11.0. The Balaban J connectivity index is 1.74. The number of rotatable bonds is 4. The summed E-state index contributed by atoms with van der Waals surface area (Å²) in [5.74, 6) is 0. The summed E-state index contributed by atoms with van der Waals surface area (Å²) in [6, 6.07) is 14.6. The fraction of sp³-hybridized carbons (Fsp3) is 0.133. The molecule has 0 aliphatic heterocycles. The second-order valence-corrected chi connectivity index (χ2v) is 4.21. The molecule has 0 fully saturated rings. The smallest absolute Gasteiger partial charge is 0.0922 e. The molecular formula is C15H14N2O. The van der Waals surface area contributed by atoms with Gasteiger partial charge in [0.05, 0.1) is 31.4 Å². The van der Waals surface area contributed by atoms with Crippen molar-refractivity contribution in [1.82, 2.24) is 9.97 Å². The van der Waals surface area contributed by atoms with Crippen molar-refractivity contribution in [3.05, 3.63) is 66.2 Å². The normalized spacial score (nSPS) is 10.9. The van der Waals surface area contributed by atoms with Crippen LogP contribution in [0, 0.1) is 0 Å². The minimum absolute atomic E-state index is 0.559. The number of fused-ring (bicyclic) bond motifs is 1. The maximum Gasteiger partial charge on any atom is 0.0922 e. The summed E-state index contributed by atoms with van der Waals surface area (Å²) in [6.07, 6.45) is 3.44. The van der Waals surface area contributed by atoms with Gasteiger partial charge in [0.1, 0.15) is 0 Å². The van der Waals surface area contributed by atoms with E-state index >= 15 is 0 Å². The molecule has 0 bridgehead atoms. The lowest BCUT2D eigenvalue weighted by molar-refractivity contribution is 0.105. The molecule has 3 rings (SSSR count). The molecule has 0 radical (unpaired) electrons. The number of aromatic nitrogens is 2. The van der Waals surface area contributed by atoms with Crippen LogP contribution in [-0.4, -0.2) is 9.97 Å². The molecule has 3 heteroatoms. The molecule has 3 aromatic rings. The van der Waals surface area contributed by atoms with Crippen LogP contribution >= 0.6 is 0 Å². The molecule has 1 heterocycles. The highest BCUT2D eigenvalue weighted by Gasteiger charge is 2.01. The number of benzene rings is 2. The maximum absolute atomic E-state index is 5.70. The molecule has 0 aliphatic carbocycles. The van der Waals surface area contributed by atoms with E-state index in [1.165, 1.54) is 16.3 Å². The third-order valence-corrected chi connectivity index (χ3v) is 2.95. The van der Waals surface area contributed by atoms with Gasteiger partial charge in [-0.1, -0.05) is 42.5 Å². The van der Waals surface area contributed by atoms with Crippen LogP contribution < -0.4 is 0 Å². The molecule has 0 atom stereocenters. The fourth-order valence-corrected chi connectivity index (χ4v) is 2.05. The second-order valence-electron chi connectivity index (χ2n) is 4.21. The first-order valence-corrected chi connectivity index (χ1v) is 5.95. The Kier molecular flexibility index (Phi) is 3.07. The van der Waals surface area contributed by atoms with Crippen molar-refractivity contribution in [2.75, 3.05) is 0 Å². The van der Waals surface area contributed by atoms with Gasteiger partial charge in [-0.3, -0.25) is 0 Å². The minimum atomic E-state index is 0.559. The van der Waals surface area contributed by atoms with Gasteiger partial charge in [0.2, 0.25) is 0 Å². The highest BCUT2D eigenvalue weighted by Crippen LogP contribution is 2.19. The highest BCUT2D eigenvalue weighted by molar-refractivity contribution is 5.85. The van der Waals surface area contributed by atoms with E-state index in [4.69, 9.17) is 4.74 Å². The van der Waals surface area contributed by atoms with Crippen LogP contribution in [0.15, 0.2) is 55.0 Å². The summed E-state index contributed by atoms with van der Waals surface area (Å²) in [6.45, 7) is 1.17. The van der Waals surface area contributed by atoms with Crippen molar-refractivity contribution >= 4 is 10.8 Å². The zero-order valence-corrected chi connectivity index (χ0v) is 9.97. The SMILES string of the molecule is c1ccc2c(COCc3cnc[nH]3)cccc2c1. The van der Waals surface area contributed by atoms with Crippen molar-refractivity contribution in [2.24, 2.45) is 0 Å². The molecule has 0 spiro atoms. The molecule has 2 aromatic carbocycles. The summed E-state index contributed by atoms with van der Waals surface area (Å²) >= 11 is 0. The molecule has 0 amide bonds. The van der Waals surface area contributed by atoms with E-state index in [0.29, 0.717) is 13.2 Å². The Bertz CT molecular complexity index is 627. The van der Waals surface area contributed by atoms with Gasteiger partial charge in [-0.05, 0) is 16.3 Å². The molecular weight excluding hydrogens is 224 g/mol. The van der Waals surface area contributed by atoms with E-state index in [1.54, 1.807) is 12.5 Å². The molecule has 0 saturated carbocycles. The molecule has 0 saturated heterocycles. The maximum atomic E-state index is 5.70. The summed E-state index contributed by atoms with van der Waals surface area (Å²) in [5.41, 5.74) is 2.21. The van der Waals surface area contributed by atoms with E-state index in [-0.39, 0.29) is 0 Å². The second kappa shape index (κ2) is 5.02. The topological polar surface area (TPSA) is 37.9 Å². The molecule has 1 N–H and O–H groups in total. The van der Waals surface area contributed by atoms with Crippen molar-refractivity contribution in [2.45, 2.75) is 13.2 Å². The number of nitrogens with one attached hydrogen (secondary N) is 1. The van der Waals surface area contributed by atoms with Gasteiger partial charge in [-0.2, -0.15) is 0 Å². The molecule has 18 heavy (non-hydrogen) atoms. The van der Waals surface area contributed by atoms with Gasteiger partial charge in [-0.15, -0.1) is 0 Å². The predicted molar refractivity (Wildman–Crippen MR) is 71.0 cm³/mol. The lowest BCUT2D eigenvalue weighted by Gasteiger charge is -2.07. The zero-order chi connectivity index (χ0) is 12.2. The lowest BCUT2D eigenvalue weighted by Crippen LogP contribution is -1.95. The molecule has 0 unspecified atom stereocenters. The van der Waals surface area contributed by atoms with Crippen molar-refractivity contribution in [3.8, 4) is 0 Å². The van der Waals surface area contributed by atoms with Crippen LogP contribution in [-0.2, 0) is 18.0 Å². The largest absolute Gasteiger partial charge is 0.370 e. The predicted octanol–water partition coefficient (Wildman–Crippen LogP) is 3.28. The van der Waals surface area contributed by atoms with Gasteiger partial charge >= 0.3 is 0 Å². The van der Waals surface area contributed by atoms with Gasteiger partial charge in [0.15, 0.2) is 0 Å². The summed E-state index contributed by atoms with van der Waals surface area (Å²) in [4.78, 5) is 6.99. The van der Waals surface area contributed by atoms with Crippen LogP contribution in [0.4, 0.5) is 0 Å². The number of hydrogen-bond acceptors (Lipinski definition) is 2. The lowest BCUT2D eigenvalue weighted by atomic mass is 10.1. The third kappa shape index (κ3) is 2.26. The Morgan fingerprint density at radius 1 is 1.00 bits per heavy atom. The van der Waals surface area contributed by atoms with Crippen LogP contribution in [0.5, 0.6) is 0 Å². The van der Waals surface area contributed by atoms with Gasteiger partial charge in [-0.25, -0.2) is 4.98 Å². The van der Waals surface area contributed by atoms with Crippen molar-refractivity contribution in [1.29, 1.82) is 0 Å². The molecule has 0 aliphatic rings. The highest BCUT2D eigenvalue weighted by atomic mass is 16.5. The van der Waals surface area contributed by atoms with Crippen LogP contribution in [0.25, 0.3) is 10.8 Å². The number of H-pyrrole nitrogens is 1. The summed E-state index contributed by atoms with van der Waals surface area (Å²) in [5, 5.41) is 2.50. The Morgan fingerprint density at radius 3 is 2.78 bits per heavy atom. The van der Waals surface area contributed by atoms with E-state index < -0.39 is 0 Å². The van der Waals surface area contributed by atoms with Crippen molar-refractivity contribution < 1.29 is 4.74 Å². The minimum Gasteiger partial charge on any atom is -0.370 e. The standard InChI is InChI=1S/C15H14N2O/c1-2-7-15-12(4-1)5-3-6-13(15)9-18-10-14-8-16-11-17-14/h1-8,11H,9-10H2,(H,16,17). The average molecular weight is 238 g/mol. The van der Waals surface area contributed by atoms with Crippen LogP contribution in [0.2, 0.25) is 0 Å². The van der Waals surface area contributed by atoms with E-state index in [0.717, 1.165) is 5.69 Å². The average Bonchev–Trinajstić information content (AvgIpc) is 2.92. The monoisotopic (exact) mass is 238 g/mol. The van der Waals surface area contributed by atoms with Gasteiger partial charge in [0, 0.05) is 0 Å². The van der Waals surface area contributed by atoms with E-state index in [1.807, 2.05) is 0 Å². The van der Waals surface area contributed by atoms with Gasteiger partial charge < -0.3 is 9.72 Å². The first-order valence-electron chi connectivity index (χ1n) is 5.95. The number of aromatic amines is 1. The first-order chi connectivity index (χ1) is 8.93. The molecule has 90 valence electrons. The number of imidazole rings is 1. The number of ether oxygens (including phenoxy) is 1. The number of hydrogen-bond donors (Lipinski definition) is 1. The third-order valence-electron chi connectivity index (χ3n) is 2.95. The van der Waals surface area contributed by atoms with Gasteiger partial charge in [0.25, 0.3) is 0 Å². The molecule has 3 nitrogen and oxygen atoms in total. The Hall–Kier alpha value is -2.13. The number of nitrogens with zero attached hydrogens (tertiary/aromatic N) is 1. The fourth-order valence-electron chi connectivity index (χ4n) is 2.05. The molecule has 1 aromatic heterocycles. The Morgan fingerprint density at radius 2 is 1.89 bits per heavy atom. The summed E-state index contributed by atoms with van der Waals surface area (Å²) in [7, 11) is 0. The Labute approximate surface area is 105 Å². The quantitative estimate of drug-likeness (QED) is 0.757. The van der Waals surface area contributed by atoms with Crippen molar-refractivity contribution in [3.63, 3.8) is 0 Å². The van der Waals surface area contributed by atoms with E-state index in [9.17, 15) is 0 Å². The van der Waals surface area contributed by atoms with E-state index in [2.05, 4.69) is 52.4 Å².